The molecule has 0 radical (unpaired) electrons. The van der Waals surface area contributed by atoms with Crippen LogP contribution in [0.15, 0.2) is 0 Å². The normalized spacial score (nSPS) is 42.1. The minimum atomic E-state index is 0.114. The number of piperidine rings is 2. The number of imide groups is 1. The van der Waals surface area contributed by atoms with Crippen LogP contribution in [0.5, 0.6) is 0 Å². The molecule has 2 bridgehead atoms. The summed E-state index contributed by atoms with van der Waals surface area (Å²) in [4.78, 5) is 26.2. The van der Waals surface area contributed by atoms with Gasteiger partial charge in [0.05, 0.1) is 0 Å². The molecular formula is C13H20N2O2. The SMILES string of the molecule is CC1CC(N2C(=O)C3CCC(C3)C2=O)CCN1. The maximum absolute atomic E-state index is 12.3. The summed E-state index contributed by atoms with van der Waals surface area (Å²) in [5.74, 6) is 0.511. The fourth-order valence-corrected chi connectivity index (χ4v) is 3.63. The molecule has 0 spiro atoms. The van der Waals surface area contributed by atoms with Crippen molar-refractivity contribution in [3.8, 4) is 0 Å². The molecule has 0 aromatic carbocycles. The number of rotatable bonds is 1. The second-order valence-electron chi connectivity index (χ2n) is 5.79. The molecule has 3 fully saturated rings. The summed E-state index contributed by atoms with van der Waals surface area (Å²) in [6.07, 6.45) is 4.49. The summed E-state index contributed by atoms with van der Waals surface area (Å²) in [5.41, 5.74) is 0. The van der Waals surface area contributed by atoms with E-state index in [1.165, 1.54) is 0 Å². The fraction of sp³-hybridized carbons (Fsp3) is 0.846. The van der Waals surface area contributed by atoms with E-state index in [0.717, 1.165) is 38.6 Å². The molecule has 3 rings (SSSR count). The monoisotopic (exact) mass is 236 g/mol. The first-order valence-electron chi connectivity index (χ1n) is 6.77. The number of carbonyl (C=O) groups is 2. The van der Waals surface area contributed by atoms with Gasteiger partial charge in [0.1, 0.15) is 0 Å². The summed E-state index contributed by atoms with van der Waals surface area (Å²) in [6, 6.07) is 0.559. The number of nitrogens with one attached hydrogen (secondary N) is 1. The van der Waals surface area contributed by atoms with Crippen molar-refractivity contribution in [3.63, 3.8) is 0 Å². The second kappa shape index (κ2) is 4.09. The first-order valence-corrected chi connectivity index (χ1v) is 6.77. The molecule has 2 saturated heterocycles. The van der Waals surface area contributed by atoms with Crippen LogP contribution >= 0.6 is 0 Å². The number of likely N-dealkylation sites (tertiary alicyclic amines) is 1. The zero-order chi connectivity index (χ0) is 12.0. The van der Waals surface area contributed by atoms with Gasteiger partial charge < -0.3 is 5.32 Å². The van der Waals surface area contributed by atoms with Crippen LogP contribution in [0.25, 0.3) is 0 Å². The highest BCUT2D eigenvalue weighted by Gasteiger charge is 2.47. The molecule has 4 unspecified atom stereocenters. The summed E-state index contributed by atoms with van der Waals surface area (Å²) in [6.45, 7) is 3.04. The van der Waals surface area contributed by atoms with E-state index < -0.39 is 0 Å². The van der Waals surface area contributed by atoms with Gasteiger partial charge in [-0.05, 0) is 45.6 Å². The lowest BCUT2D eigenvalue weighted by Crippen LogP contribution is -2.55. The van der Waals surface area contributed by atoms with Gasteiger partial charge in [0.15, 0.2) is 0 Å². The van der Waals surface area contributed by atoms with E-state index >= 15 is 0 Å². The molecule has 0 aromatic rings. The van der Waals surface area contributed by atoms with Gasteiger partial charge in [-0.2, -0.15) is 0 Å². The Hall–Kier alpha value is -0.900. The largest absolute Gasteiger partial charge is 0.314 e. The van der Waals surface area contributed by atoms with E-state index in [9.17, 15) is 9.59 Å². The zero-order valence-electron chi connectivity index (χ0n) is 10.3. The maximum atomic E-state index is 12.3. The smallest absolute Gasteiger partial charge is 0.232 e. The van der Waals surface area contributed by atoms with E-state index in [1.54, 1.807) is 4.90 Å². The lowest BCUT2D eigenvalue weighted by Gasteiger charge is -2.39. The summed E-state index contributed by atoms with van der Waals surface area (Å²) in [7, 11) is 0. The Labute approximate surface area is 102 Å². The lowest BCUT2D eigenvalue weighted by atomic mass is 9.91. The van der Waals surface area contributed by atoms with Gasteiger partial charge in [0.25, 0.3) is 0 Å². The van der Waals surface area contributed by atoms with Crippen molar-refractivity contribution < 1.29 is 9.59 Å². The number of nitrogens with zero attached hydrogens (tertiary/aromatic N) is 1. The molecule has 1 saturated carbocycles. The first kappa shape index (κ1) is 11.2. The molecule has 1 aliphatic carbocycles. The molecule has 4 heteroatoms. The highest BCUT2D eigenvalue weighted by Crippen LogP contribution is 2.39. The number of hydrogen-bond acceptors (Lipinski definition) is 3. The predicted octanol–water partition coefficient (Wildman–Crippen LogP) is 0.912. The molecule has 1 N–H and O–H groups in total. The summed E-state index contributed by atoms with van der Waals surface area (Å²) >= 11 is 0. The average Bonchev–Trinajstić information content (AvgIpc) is 2.74. The number of amides is 2. The molecule has 0 aromatic heterocycles. The molecule has 2 heterocycles. The van der Waals surface area contributed by atoms with Crippen LogP contribution in [0.4, 0.5) is 0 Å². The summed E-state index contributed by atoms with van der Waals surface area (Å²) < 4.78 is 0. The van der Waals surface area contributed by atoms with Crippen molar-refractivity contribution in [1.82, 2.24) is 10.2 Å². The molecule has 94 valence electrons. The number of hydrogen-bond donors (Lipinski definition) is 1. The van der Waals surface area contributed by atoms with Gasteiger partial charge in [0.2, 0.25) is 11.8 Å². The Morgan fingerprint density at radius 2 is 1.71 bits per heavy atom. The van der Waals surface area contributed by atoms with Crippen LogP contribution < -0.4 is 5.32 Å². The van der Waals surface area contributed by atoms with Crippen LogP contribution in [0.3, 0.4) is 0 Å². The molecule has 3 aliphatic rings. The minimum absolute atomic E-state index is 0.114. The lowest BCUT2D eigenvalue weighted by molar-refractivity contribution is -0.156. The van der Waals surface area contributed by atoms with E-state index in [2.05, 4.69) is 12.2 Å². The van der Waals surface area contributed by atoms with Gasteiger partial charge in [-0.3, -0.25) is 14.5 Å². The molecule has 4 atom stereocenters. The Morgan fingerprint density at radius 3 is 2.29 bits per heavy atom. The Bertz CT molecular complexity index is 333. The molecule has 2 amide bonds. The third kappa shape index (κ3) is 1.79. The maximum Gasteiger partial charge on any atom is 0.232 e. The van der Waals surface area contributed by atoms with Crippen molar-refractivity contribution in [2.45, 2.75) is 51.1 Å². The van der Waals surface area contributed by atoms with Crippen molar-refractivity contribution in [2.75, 3.05) is 6.54 Å². The number of carbonyl (C=O) groups excluding carboxylic acids is 2. The fourth-order valence-electron chi connectivity index (χ4n) is 3.63. The number of fused-ring (bicyclic) bond motifs is 2. The first-order chi connectivity index (χ1) is 8.16. The Morgan fingerprint density at radius 1 is 1.06 bits per heavy atom. The Balaban J connectivity index is 1.81. The van der Waals surface area contributed by atoms with Crippen LogP contribution in [-0.2, 0) is 9.59 Å². The third-order valence-electron chi connectivity index (χ3n) is 4.57. The van der Waals surface area contributed by atoms with Gasteiger partial charge in [0, 0.05) is 23.9 Å². The van der Waals surface area contributed by atoms with Gasteiger partial charge in [-0.1, -0.05) is 0 Å². The van der Waals surface area contributed by atoms with Crippen molar-refractivity contribution in [1.29, 1.82) is 0 Å². The second-order valence-corrected chi connectivity index (χ2v) is 5.79. The average molecular weight is 236 g/mol. The Kier molecular flexibility index (Phi) is 2.69. The van der Waals surface area contributed by atoms with E-state index in [0.29, 0.717) is 6.04 Å². The third-order valence-corrected chi connectivity index (χ3v) is 4.57. The van der Waals surface area contributed by atoms with E-state index in [-0.39, 0.29) is 29.7 Å². The van der Waals surface area contributed by atoms with Crippen molar-refractivity contribution in [3.05, 3.63) is 0 Å². The van der Waals surface area contributed by atoms with E-state index in [1.807, 2.05) is 0 Å². The van der Waals surface area contributed by atoms with Crippen LogP contribution in [0.2, 0.25) is 0 Å². The van der Waals surface area contributed by atoms with Gasteiger partial charge >= 0.3 is 0 Å². The molecular weight excluding hydrogens is 216 g/mol. The van der Waals surface area contributed by atoms with Crippen LogP contribution in [0, 0.1) is 11.8 Å². The molecule has 4 nitrogen and oxygen atoms in total. The van der Waals surface area contributed by atoms with Crippen LogP contribution in [-0.4, -0.2) is 35.3 Å². The van der Waals surface area contributed by atoms with Crippen LogP contribution in [0.1, 0.15) is 39.0 Å². The zero-order valence-corrected chi connectivity index (χ0v) is 10.3. The minimum Gasteiger partial charge on any atom is -0.314 e. The standard InChI is InChI=1S/C13H20N2O2/c1-8-6-11(4-5-14-8)15-12(16)9-2-3-10(7-9)13(15)17/h8-11,14H,2-7H2,1H3. The quantitative estimate of drug-likeness (QED) is 0.689. The van der Waals surface area contributed by atoms with Crippen molar-refractivity contribution >= 4 is 11.8 Å². The van der Waals surface area contributed by atoms with Crippen molar-refractivity contribution in [2.24, 2.45) is 11.8 Å². The summed E-state index contributed by atoms with van der Waals surface area (Å²) in [5, 5.41) is 3.37. The molecule has 2 aliphatic heterocycles. The predicted molar refractivity (Wildman–Crippen MR) is 63.2 cm³/mol. The highest BCUT2D eigenvalue weighted by atomic mass is 16.2. The topological polar surface area (TPSA) is 49.4 Å². The molecule has 17 heavy (non-hydrogen) atoms. The van der Waals surface area contributed by atoms with Gasteiger partial charge in [-0.25, -0.2) is 0 Å². The highest BCUT2D eigenvalue weighted by molar-refractivity contribution is 6.01. The van der Waals surface area contributed by atoms with E-state index in [4.69, 9.17) is 0 Å². The van der Waals surface area contributed by atoms with Gasteiger partial charge in [-0.15, -0.1) is 0 Å².